The number of halogens is 3. The number of imidazole rings is 1. The van der Waals surface area contributed by atoms with Crippen molar-refractivity contribution in [3.63, 3.8) is 0 Å². The highest BCUT2D eigenvalue weighted by atomic mass is 19.4. The number of pyridine rings is 1. The van der Waals surface area contributed by atoms with E-state index in [0.29, 0.717) is 22.9 Å². The van der Waals surface area contributed by atoms with E-state index in [1.165, 1.54) is 30.1 Å². The minimum absolute atomic E-state index is 0.355. The van der Waals surface area contributed by atoms with Crippen LogP contribution >= 0.6 is 0 Å². The van der Waals surface area contributed by atoms with E-state index in [4.69, 9.17) is 4.74 Å². The van der Waals surface area contributed by atoms with Crippen LogP contribution in [0.5, 0.6) is 5.88 Å². The molecule has 5 nitrogen and oxygen atoms in total. The van der Waals surface area contributed by atoms with Gasteiger partial charge in [0.05, 0.1) is 18.4 Å². The largest absolute Gasteiger partial charge is 0.481 e. The van der Waals surface area contributed by atoms with E-state index >= 15 is 0 Å². The highest BCUT2D eigenvalue weighted by molar-refractivity contribution is 5.59. The Morgan fingerprint density at radius 3 is 2.62 bits per heavy atom. The zero-order valence-corrected chi connectivity index (χ0v) is 10.8. The maximum absolute atomic E-state index is 12.7. The Bertz CT molecular complexity index is 797. The van der Waals surface area contributed by atoms with E-state index in [1.54, 1.807) is 6.07 Å². The Hall–Kier alpha value is -2.64. The van der Waals surface area contributed by atoms with Crippen LogP contribution in [-0.4, -0.2) is 26.5 Å². The first-order valence-electron chi connectivity index (χ1n) is 5.90. The number of aromatic nitrogens is 4. The van der Waals surface area contributed by atoms with Crippen molar-refractivity contribution in [3.8, 4) is 17.3 Å². The second-order valence-electron chi connectivity index (χ2n) is 4.25. The molecule has 0 aliphatic rings. The molecule has 0 aromatic carbocycles. The van der Waals surface area contributed by atoms with Crippen molar-refractivity contribution in [2.24, 2.45) is 0 Å². The molecule has 3 heterocycles. The number of nitrogens with zero attached hydrogens (tertiary/aromatic N) is 4. The molecular weight excluding hydrogens is 285 g/mol. The molecule has 0 saturated heterocycles. The summed E-state index contributed by atoms with van der Waals surface area (Å²) in [7, 11) is 1.46. The first-order valence-corrected chi connectivity index (χ1v) is 5.90. The molecule has 0 atom stereocenters. The minimum atomic E-state index is -4.39. The van der Waals surface area contributed by atoms with Crippen molar-refractivity contribution in [1.82, 2.24) is 19.4 Å². The van der Waals surface area contributed by atoms with Gasteiger partial charge in [-0.15, -0.1) is 0 Å². The van der Waals surface area contributed by atoms with Gasteiger partial charge in [-0.1, -0.05) is 0 Å². The van der Waals surface area contributed by atoms with E-state index in [-0.39, 0.29) is 0 Å². The Labute approximate surface area is 117 Å². The fourth-order valence-corrected chi connectivity index (χ4v) is 1.87. The number of rotatable bonds is 2. The molecule has 0 fully saturated rings. The number of hydrogen-bond donors (Lipinski definition) is 0. The second kappa shape index (κ2) is 4.72. The molecule has 0 bridgehead atoms. The molecule has 3 aromatic rings. The third-order valence-corrected chi connectivity index (χ3v) is 2.89. The topological polar surface area (TPSA) is 52.3 Å². The van der Waals surface area contributed by atoms with Crippen LogP contribution in [0.25, 0.3) is 17.0 Å². The van der Waals surface area contributed by atoms with Gasteiger partial charge >= 0.3 is 6.18 Å². The number of alkyl halides is 3. The van der Waals surface area contributed by atoms with Crippen LogP contribution in [-0.2, 0) is 6.18 Å². The van der Waals surface area contributed by atoms with Gasteiger partial charge in [-0.2, -0.15) is 13.2 Å². The van der Waals surface area contributed by atoms with E-state index in [9.17, 15) is 13.2 Å². The molecule has 0 N–H and O–H groups in total. The number of hydrogen-bond acceptors (Lipinski definition) is 4. The Kier molecular flexibility index (Phi) is 3.00. The fourth-order valence-electron chi connectivity index (χ4n) is 1.87. The summed E-state index contributed by atoms with van der Waals surface area (Å²) in [5, 5.41) is 0. The molecule has 0 spiro atoms. The molecule has 0 amide bonds. The van der Waals surface area contributed by atoms with Crippen LogP contribution < -0.4 is 4.74 Å². The molecule has 0 aliphatic carbocycles. The summed E-state index contributed by atoms with van der Waals surface area (Å²) in [5.74, 6) is 0.355. The van der Waals surface area contributed by atoms with Gasteiger partial charge < -0.3 is 9.14 Å². The van der Waals surface area contributed by atoms with Gasteiger partial charge in [0.2, 0.25) is 5.88 Å². The average Bonchev–Trinajstić information content (AvgIpc) is 2.89. The Morgan fingerprint density at radius 1 is 1.10 bits per heavy atom. The highest BCUT2D eigenvalue weighted by Gasteiger charge is 2.30. The van der Waals surface area contributed by atoms with Crippen molar-refractivity contribution >= 4 is 5.65 Å². The molecule has 0 saturated carbocycles. The summed E-state index contributed by atoms with van der Waals surface area (Å²) in [6, 6.07) is 3.86. The molecule has 8 heteroatoms. The van der Waals surface area contributed by atoms with Gasteiger partial charge in [-0.3, -0.25) is 0 Å². The van der Waals surface area contributed by atoms with E-state index in [1.807, 2.05) is 0 Å². The summed E-state index contributed by atoms with van der Waals surface area (Å²) in [6.07, 6.45) is -0.618. The van der Waals surface area contributed by atoms with E-state index in [2.05, 4.69) is 15.0 Å². The van der Waals surface area contributed by atoms with Crippen LogP contribution in [0.1, 0.15) is 5.56 Å². The molecule has 108 valence electrons. The predicted molar refractivity (Wildman–Crippen MR) is 67.8 cm³/mol. The van der Waals surface area contributed by atoms with Crippen molar-refractivity contribution in [1.29, 1.82) is 0 Å². The minimum Gasteiger partial charge on any atom is -0.481 e. The van der Waals surface area contributed by atoms with Gasteiger partial charge in [0.25, 0.3) is 0 Å². The van der Waals surface area contributed by atoms with Crippen LogP contribution in [0.4, 0.5) is 13.2 Å². The summed E-state index contributed by atoms with van der Waals surface area (Å²) in [6.45, 7) is 0. The van der Waals surface area contributed by atoms with Gasteiger partial charge in [-0.05, 0) is 12.1 Å². The second-order valence-corrected chi connectivity index (χ2v) is 4.25. The average molecular weight is 294 g/mol. The van der Waals surface area contributed by atoms with Gasteiger partial charge in [-0.25, -0.2) is 15.0 Å². The highest BCUT2D eigenvalue weighted by Crippen LogP contribution is 2.29. The maximum Gasteiger partial charge on any atom is 0.417 e. The van der Waals surface area contributed by atoms with Crippen LogP contribution in [0.2, 0.25) is 0 Å². The van der Waals surface area contributed by atoms with Gasteiger partial charge in [0, 0.05) is 18.5 Å². The van der Waals surface area contributed by atoms with Crippen LogP contribution in [0, 0.1) is 0 Å². The third-order valence-electron chi connectivity index (χ3n) is 2.89. The molecule has 21 heavy (non-hydrogen) atoms. The zero-order valence-electron chi connectivity index (χ0n) is 10.8. The molecule has 3 aromatic heterocycles. The van der Waals surface area contributed by atoms with Crippen molar-refractivity contribution < 1.29 is 17.9 Å². The lowest BCUT2D eigenvalue weighted by molar-refractivity contribution is -0.137. The fraction of sp³-hybridized carbons (Fsp3) is 0.154. The molecule has 3 rings (SSSR count). The van der Waals surface area contributed by atoms with Crippen LogP contribution in [0.3, 0.4) is 0 Å². The van der Waals surface area contributed by atoms with E-state index < -0.39 is 11.7 Å². The summed E-state index contributed by atoms with van der Waals surface area (Å²) < 4.78 is 44.3. The molecule has 0 radical (unpaired) electrons. The summed E-state index contributed by atoms with van der Waals surface area (Å²) in [5.41, 5.74) is 0.573. The molecule has 0 unspecified atom stereocenters. The molecule has 0 aliphatic heterocycles. The third kappa shape index (κ3) is 2.51. The standard InChI is InChI=1S/C13H9F3N4O/c1-21-12-4-9(17-7-18-12)10-6-20-5-8(13(14,15)16)2-3-11(20)19-10/h2-7H,1H3. The summed E-state index contributed by atoms with van der Waals surface area (Å²) in [4.78, 5) is 12.1. The monoisotopic (exact) mass is 294 g/mol. The molecular formula is C13H9F3N4O. The van der Waals surface area contributed by atoms with E-state index in [0.717, 1.165) is 12.3 Å². The number of ether oxygens (including phenoxy) is 1. The van der Waals surface area contributed by atoms with Gasteiger partial charge in [0.1, 0.15) is 17.7 Å². The first kappa shape index (κ1) is 13.3. The first-order chi connectivity index (χ1) is 9.97. The predicted octanol–water partition coefficient (Wildman–Crippen LogP) is 2.82. The Morgan fingerprint density at radius 2 is 1.90 bits per heavy atom. The maximum atomic E-state index is 12.7. The zero-order chi connectivity index (χ0) is 15.0. The van der Waals surface area contributed by atoms with Crippen molar-refractivity contribution in [2.75, 3.05) is 7.11 Å². The van der Waals surface area contributed by atoms with Crippen molar-refractivity contribution in [2.45, 2.75) is 6.18 Å². The smallest absolute Gasteiger partial charge is 0.417 e. The quantitative estimate of drug-likeness (QED) is 0.729. The van der Waals surface area contributed by atoms with Gasteiger partial charge in [0.15, 0.2) is 0 Å². The lowest BCUT2D eigenvalue weighted by atomic mass is 10.3. The Balaban J connectivity index is 2.08. The SMILES string of the molecule is COc1cc(-c2cn3cc(C(F)(F)F)ccc3n2)ncn1. The lowest BCUT2D eigenvalue weighted by Gasteiger charge is -2.05. The summed E-state index contributed by atoms with van der Waals surface area (Å²) >= 11 is 0. The lowest BCUT2D eigenvalue weighted by Crippen LogP contribution is -2.05. The number of fused-ring (bicyclic) bond motifs is 1. The number of methoxy groups -OCH3 is 1. The normalized spacial score (nSPS) is 11.8. The van der Waals surface area contributed by atoms with Crippen molar-refractivity contribution in [3.05, 3.63) is 42.5 Å². The van der Waals surface area contributed by atoms with Crippen LogP contribution in [0.15, 0.2) is 36.9 Å².